The molecule has 0 aliphatic carbocycles. The first kappa shape index (κ1) is 18.6. The molecule has 9 heteroatoms. The SMILES string of the molecule is Cc1cc(-n2cccn2)ccc1Nc1ncc2c(n1)n(C1CCOCC1)c(=O)n2C. The Kier molecular flexibility index (Phi) is 4.59. The number of aromatic nitrogens is 6. The molecular weight excluding hydrogens is 382 g/mol. The lowest BCUT2D eigenvalue weighted by Gasteiger charge is -2.22. The van der Waals surface area contributed by atoms with E-state index in [2.05, 4.69) is 15.4 Å². The number of rotatable bonds is 4. The van der Waals surface area contributed by atoms with Gasteiger partial charge >= 0.3 is 5.69 Å². The summed E-state index contributed by atoms with van der Waals surface area (Å²) in [7, 11) is 1.76. The first-order chi connectivity index (χ1) is 14.6. The van der Waals surface area contributed by atoms with E-state index < -0.39 is 0 Å². The molecule has 0 atom stereocenters. The summed E-state index contributed by atoms with van der Waals surface area (Å²) >= 11 is 0. The van der Waals surface area contributed by atoms with E-state index in [0.717, 1.165) is 35.3 Å². The molecule has 0 spiro atoms. The zero-order valence-corrected chi connectivity index (χ0v) is 16.9. The Labute approximate surface area is 172 Å². The van der Waals surface area contributed by atoms with Crippen molar-refractivity contribution >= 4 is 22.8 Å². The highest BCUT2D eigenvalue weighted by molar-refractivity contribution is 5.73. The average molecular weight is 405 g/mol. The van der Waals surface area contributed by atoms with Crippen LogP contribution in [0.3, 0.4) is 0 Å². The zero-order chi connectivity index (χ0) is 20.7. The van der Waals surface area contributed by atoms with Crippen molar-refractivity contribution in [1.29, 1.82) is 0 Å². The fourth-order valence-corrected chi connectivity index (χ4v) is 3.94. The van der Waals surface area contributed by atoms with Crippen molar-refractivity contribution in [1.82, 2.24) is 28.9 Å². The van der Waals surface area contributed by atoms with Crippen LogP contribution >= 0.6 is 0 Å². The maximum Gasteiger partial charge on any atom is 0.330 e. The summed E-state index contributed by atoms with van der Waals surface area (Å²) < 4.78 is 10.7. The van der Waals surface area contributed by atoms with Crippen LogP contribution in [-0.4, -0.2) is 42.1 Å². The topological polar surface area (TPSA) is 91.8 Å². The molecule has 0 saturated carbocycles. The van der Waals surface area contributed by atoms with Crippen LogP contribution in [0.5, 0.6) is 0 Å². The van der Waals surface area contributed by atoms with Gasteiger partial charge in [-0.05, 0) is 49.6 Å². The molecule has 3 aromatic heterocycles. The lowest BCUT2D eigenvalue weighted by atomic mass is 10.1. The molecule has 9 nitrogen and oxygen atoms in total. The van der Waals surface area contributed by atoms with Crippen molar-refractivity contribution in [2.24, 2.45) is 7.05 Å². The van der Waals surface area contributed by atoms with Crippen molar-refractivity contribution < 1.29 is 4.74 Å². The quantitative estimate of drug-likeness (QED) is 0.561. The van der Waals surface area contributed by atoms with E-state index in [1.807, 2.05) is 42.1 Å². The standard InChI is InChI=1S/C21H23N7O2/c1-14-12-16(27-9-3-8-23-27)4-5-17(14)24-20-22-13-18-19(25-20)28(21(29)26(18)2)15-6-10-30-11-7-15/h3-5,8-9,12-13,15H,6-7,10-11H2,1-2H3,(H,22,24,25). The van der Waals surface area contributed by atoms with Gasteiger partial charge in [0.15, 0.2) is 5.65 Å². The molecule has 1 fully saturated rings. The van der Waals surface area contributed by atoms with Gasteiger partial charge in [0, 0.05) is 44.4 Å². The van der Waals surface area contributed by atoms with Crippen molar-refractivity contribution in [3.63, 3.8) is 0 Å². The normalized spacial score (nSPS) is 15.0. The Hall–Kier alpha value is -3.46. The van der Waals surface area contributed by atoms with E-state index in [0.29, 0.717) is 24.8 Å². The van der Waals surface area contributed by atoms with E-state index in [-0.39, 0.29) is 11.7 Å². The second kappa shape index (κ2) is 7.42. The highest BCUT2D eigenvalue weighted by Gasteiger charge is 2.23. The summed E-state index contributed by atoms with van der Waals surface area (Å²) in [5.41, 5.74) is 4.24. The van der Waals surface area contributed by atoms with Gasteiger partial charge in [-0.3, -0.25) is 9.13 Å². The minimum Gasteiger partial charge on any atom is -0.381 e. The third-order valence-corrected chi connectivity index (χ3v) is 5.61. The maximum atomic E-state index is 12.8. The Balaban J connectivity index is 1.50. The predicted octanol–water partition coefficient (Wildman–Crippen LogP) is 2.72. The minimum absolute atomic E-state index is 0.0666. The third kappa shape index (κ3) is 3.17. The van der Waals surface area contributed by atoms with Crippen LogP contribution in [-0.2, 0) is 11.8 Å². The first-order valence-corrected chi connectivity index (χ1v) is 10.0. The van der Waals surface area contributed by atoms with Crippen LogP contribution in [0, 0.1) is 6.92 Å². The van der Waals surface area contributed by atoms with Crippen LogP contribution in [0.4, 0.5) is 11.6 Å². The molecule has 4 heterocycles. The van der Waals surface area contributed by atoms with Crippen LogP contribution in [0.1, 0.15) is 24.4 Å². The number of hydrogen-bond donors (Lipinski definition) is 1. The molecule has 154 valence electrons. The summed E-state index contributed by atoms with van der Waals surface area (Å²) in [6.45, 7) is 3.34. The number of aryl methyl sites for hydroxylation is 2. The molecule has 0 radical (unpaired) electrons. The van der Waals surface area contributed by atoms with Gasteiger partial charge in [0.2, 0.25) is 5.95 Å². The summed E-state index contributed by atoms with van der Waals surface area (Å²) in [6.07, 6.45) is 6.97. The number of ether oxygens (including phenoxy) is 1. The fraction of sp³-hybridized carbons (Fsp3) is 0.333. The molecular formula is C21H23N7O2. The molecule has 1 aliphatic rings. The highest BCUT2D eigenvalue weighted by atomic mass is 16.5. The van der Waals surface area contributed by atoms with Gasteiger partial charge in [-0.1, -0.05) is 0 Å². The Bertz CT molecular complexity index is 1250. The van der Waals surface area contributed by atoms with Crippen LogP contribution in [0.15, 0.2) is 47.7 Å². The van der Waals surface area contributed by atoms with Crippen molar-refractivity contribution in [3.05, 3.63) is 58.9 Å². The minimum atomic E-state index is -0.0666. The largest absolute Gasteiger partial charge is 0.381 e. The number of anilines is 2. The van der Waals surface area contributed by atoms with E-state index in [9.17, 15) is 4.79 Å². The number of nitrogens with one attached hydrogen (secondary N) is 1. The molecule has 0 amide bonds. The van der Waals surface area contributed by atoms with Crippen LogP contribution < -0.4 is 11.0 Å². The Morgan fingerprint density at radius 2 is 2.07 bits per heavy atom. The fourth-order valence-electron chi connectivity index (χ4n) is 3.94. The number of benzene rings is 1. The van der Waals surface area contributed by atoms with Crippen molar-refractivity contribution in [2.75, 3.05) is 18.5 Å². The Morgan fingerprint density at radius 3 is 2.80 bits per heavy atom. The second-order valence-electron chi connectivity index (χ2n) is 7.53. The average Bonchev–Trinajstić information content (AvgIpc) is 3.38. The molecule has 30 heavy (non-hydrogen) atoms. The van der Waals surface area contributed by atoms with E-state index in [1.54, 1.807) is 28.6 Å². The number of hydrogen-bond acceptors (Lipinski definition) is 6. The summed E-state index contributed by atoms with van der Waals surface area (Å²) in [6, 6.07) is 8.00. The Morgan fingerprint density at radius 1 is 1.23 bits per heavy atom. The molecule has 1 saturated heterocycles. The van der Waals surface area contributed by atoms with Gasteiger partial charge in [0.05, 0.1) is 11.9 Å². The molecule has 1 N–H and O–H groups in total. The molecule has 0 unspecified atom stereocenters. The summed E-state index contributed by atoms with van der Waals surface area (Å²) in [4.78, 5) is 22.0. The van der Waals surface area contributed by atoms with Gasteiger partial charge in [-0.2, -0.15) is 10.1 Å². The van der Waals surface area contributed by atoms with E-state index >= 15 is 0 Å². The molecule has 4 aromatic rings. The summed E-state index contributed by atoms with van der Waals surface area (Å²) in [5, 5.41) is 7.56. The highest BCUT2D eigenvalue weighted by Crippen LogP contribution is 2.25. The predicted molar refractivity (Wildman–Crippen MR) is 113 cm³/mol. The molecule has 5 rings (SSSR count). The number of fused-ring (bicyclic) bond motifs is 1. The first-order valence-electron chi connectivity index (χ1n) is 10.0. The monoisotopic (exact) mass is 405 g/mol. The molecule has 0 bridgehead atoms. The van der Waals surface area contributed by atoms with Gasteiger partial charge in [-0.25, -0.2) is 14.5 Å². The van der Waals surface area contributed by atoms with Gasteiger partial charge in [0.1, 0.15) is 5.52 Å². The number of nitrogens with zero attached hydrogens (tertiary/aromatic N) is 6. The maximum absolute atomic E-state index is 12.8. The smallest absolute Gasteiger partial charge is 0.330 e. The third-order valence-electron chi connectivity index (χ3n) is 5.61. The van der Waals surface area contributed by atoms with Crippen molar-refractivity contribution in [3.8, 4) is 5.69 Å². The van der Waals surface area contributed by atoms with E-state index in [4.69, 9.17) is 9.72 Å². The van der Waals surface area contributed by atoms with Crippen molar-refractivity contribution in [2.45, 2.75) is 25.8 Å². The lowest BCUT2D eigenvalue weighted by molar-refractivity contribution is 0.0695. The number of imidazole rings is 1. The van der Waals surface area contributed by atoms with Crippen LogP contribution in [0.25, 0.3) is 16.9 Å². The van der Waals surface area contributed by atoms with E-state index in [1.165, 1.54) is 0 Å². The molecule has 1 aromatic carbocycles. The lowest BCUT2D eigenvalue weighted by Crippen LogP contribution is -2.30. The zero-order valence-electron chi connectivity index (χ0n) is 16.9. The summed E-state index contributed by atoms with van der Waals surface area (Å²) in [5.74, 6) is 0.462. The van der Waals surface area contributed by atoms with Gasteiger partial charge in [-0.15, -0.1) is 0 Å². The van der Waals surface area contributed by atoms with Gasteiger partial charge in [0.25, 0.3) is 0 Å². The van der Waals surface area contributed by atoms with Gasteiger partial charge < -0.3 is 10.1 Å². The molecule has 1 aliphatic heterocycles. The van der Waals surface area contributed by atoms with Crippen LogP contribution in [0.2, 0.25) is 0 Å². The second-order valence-corrected chi connectivity index (χ2v) is 7.53.